The van der Waals surface area contributed by atoms with E-state index < -0.39 is 0 Å². The maximum Gasteiger partial charge on any atom is 0.310 e. The average Bonchev–Trinajstić information content (AvgIpc) is 3.21. The van der Waals surface area contributed by atoms with Crippen LogP contribution in [-0.2, 0) is 14.3 Å². The molecule has 1 aliphatic heterocycles. The number of imidazole rings is 1. The smallest absolute Gasteiger partial charge is 0.310 e. The van der Waals surface area contributed by atoms with Crippen molar-refractivity contribution in [1.29, 1.82) is 0 Å². The van der Waals surface area contributed by atoms with Crippen molar-refractivity contribution in [2.24, 2.45) is 5.92 Å². The molecule has 0 aliphatic carbocycles. The molecule has 7 heteroatoms. The fourth-order valence-corrected chi connectivity index (χ4v) is 4.36. The van der Waals surface area contributed by atoms with Gasteiger partial charge in [0.2, 0.25) is 5.91 Å². The first kappa shape index (κ1) is 21.4. The Hall–Kier alpha value is -2.28. The topological polar surface area (TPSA) is 64.4 Å². The van der Waals surface area contributed by atoms with Gasteiger partial charge in [0.1, 0.15) is 0 Å². The summed E-state index contributed by atoms with van der Waals surface area (Å²) >= 11 is 1.43. The van der Waals surface area contributed by atoms with Crippen LogP contribution >= 0.6 is 11.8 Å². The summed E-state index contributed by atoms with van der Waals surface area (Å²) in [6.45, 7) is 7.67. The first-order valence-electron chi connectivity index (χ1n) is 10.2. The number of benzene rings is 1. The fourth-order valence-electron chi connectivity index (χ4n) is 3.49. The van der Waals surface area contributed by atoms with E-state index in [-0.39, 0.29) is 17.8 Å². The standard InChI is InChI=1S/C22H29N3O3S/c1-4-28-21(27)18-6-5-12-24(14-18)20(26)15-29-22-23-11-13-25(22)19-9-7-17(8-10-19)16(2)3/h7-11,13,16,18H,4-6,12,14-15H2,1-3H3. The largest absolute Gasteiger partial charge is 0.466 e. The predicted octanol–water partition coefficient (Wildman–Crippen LogP) is 3.89. The number of aromatic nitrogens is 2. The maximum atomic E-state index is 12.7. The lowest BCUT2D eigenvalue weighted by Crippen LogP contribution is -2.43. The summed E-state index contributed by atoms with van der Waals surface area (Å²) in [5, 5.41) is 0.787. The highest BCUT2D eigenvalue weighted by Crippen LogP contribution is 2.24. The summed E-state index contributed by atoms with van der Waals surface area (Å²) in [7, 11) is 0. The van der Waals surface area contributed by atoms with Crippen LogP contribution in [0.15, 0.2) is 41.8 Å². The molecule has 1 saturated heterocycles. The van der Waals surface area contributed by atoms with Crippen LogP contribution in [0.1, 0.15) is 45.1 Å². The van der Waals surface area contributed by atoms with Gasteiger partial charge < -0.3 is 9.64 Å². The number of carbonyl (C=O) groups excluding carboxylic acids is 2. The van der Waals surface area contributed by atoms with Gasteiger partial charge in [-0.15, -0.1) is 0 Å². The molecule has 0 spiro atoms. The molecule has 29 heavy (non-hydrogen) atoms. The van der Waals surface area contributed by atoms with Crippen LogP contribution in [0.2, 0.25) is 0 Å². The Morgan fingerprint density at radius 1 is 1.28 bits per heavy atom. The Kier molecular flexibility index (Phi) is 7.36. The van der Waals surface area contributed by atoms with Crippen molar-refractivity contribution in [3.63, 3.8) is 0 Å². The van der Waals surface area contributed by atoms with Crippen molar-refractivity contribution in [3.8, 4) is 5.69 Å². The predicted molar refractivity (Wildman–Crippen MR) is 114 cm³/mol. The number of carbonyl (C=O) groups is 2. The highest BCUT2D eigenvalue weighted by atomic mass is 32.2. The molecule has 6 nitrogen and oxygen atoms in total. The number of likely N-dealkylation sites (tertiary alicyclic amines) is 1. The number of nitrogens with zero attached hydrogens (tertiary/aromatic N) is 3. The molecule has 2 aromatic rings. The molecule has 3 rings (SSSR count). The minimum absolute atomic E-state index is 0.0358. The van der Waals surface area contributed by atoms with Crippen LogP contribution in [0.25, 0.3) is 5.69 Å². The molecule has 1 amide bonds. The first-order chi connectivity index (χ1) is 14.0. The zero-order valence-corrected chi connectivity index (χ0v) is 18.2. The maximum absolute atomic E-state index is 12.7. The monoisotopic (exact) mass is 415 g/mol. The van der Waals surface area contributed by atoms with Gasteiger partial charge in [0, 0.05) is 31.2 Å². The van der Waals surface area contributed by atoms with Gasteiger partial charge in [-0.25, -0.2) is 4.98 Å². The van der Waals surface area contributed by atoms with Crippen LogP contribution < -0.4 is 0 Å². The van der Waals surface area contributed by atoms with Crippen molar-refractivity contribution in [2.75, 3.05) is 25.4 Å². The Morgan fingerprint density at radius 3 is 2.72 bits per heavy atom. The first-order valence-corrected chi connectivity index (χ1v) is 11.2. The number of rotatable bonds is 7. The second-order valence-corrected chi connectivity index (χ2v) is 8.49. The number of thioether (sulfide) groups is 1. The fraction of sp³-hybridized carbons (Fsp3) is 0.500. The average molecular weight is 416 g/mol. The van der Waals surface area contributed by atoms with E-state index in [1.807, 2.05) is 10.8 Å². The third kappa shape index (κ3) is 5.41. The molecular formula is C22H29N3O3S. The van der Waals surface area contributed by atoms with E-state index in [2.05, 4.69) is 43.1 Å². The molecule has 1 atom stereocenters. The Morgan fingerprint density at radius 2 is 2.03 bits per heavy atom. The Bertz CT molecular complexity index is 832. The minimum atomic E-state index is -0.209. The van der Waals surface area contributed by atoms with Crippen molar-refractivity contribution in [3.05, 3.63) is 42.2 Å². The number of amides is 1. The number of piperidine rings is 1. The second kappa shape index (κ2) is 9.96. The van der Waals surface area contributed by atoms with Crippen LogP contribution in [0.4, 0.5) is 0 Å². The van der Waals surface area contributed by atoms with Gasteiger partial charge in [0.05, 0.1) is 18.3 Å². The summed E-state index contributed by atoms with van der Waals surface area (Å²) in [5.41, 5.74) is 2.32. The normalized spacial score (nSPS) is 16.8. The van der Waals surface area contributed by atoms with E-state index in [1.54, 1.807) is 18.0 Å². The lowest BCUT2D eigenvalue weighted by molar-refractivity contribution is -0.151. The molecule has 0 bridgehead atoms. The van der Waals surface area contributed by atoms with E-state index in [9.17, 15) is 9.59 Å². The number of hydrogen-bond donors (Lipinski definition) is 0. The zero-order chi connectivity index (χ0) is 20.8. The molecule has 156 valence electrons. The van der Waals surface area contributed by atoms with Gasteiger partial charge in [0.25, 0.3) is 0 Å². The molecule has 0 radical (unpaired) electrons. The Balaban J connectivity index is 1.60. The van der Waals surface area contributed by atoms with E-state index in [4.69, 9.17) is 4.74 Å². The summed E-state index contributed by atoms with van der Waals surface area (Å²) < 4.78 is 7.12. The van der Waals surface area contributed by atoms with Crippen molar-refractivity contribution in [2.45, 2.75) is 44.7 Å². The summed E-state index contributed by atoms with van der Waals surface area (Å²) in [5.74, 6) is 0.420. The lowest BCUT2D eigenvalue weighted by atomic mass is 9.98. The molecule has 2 heterocycles. The number of ether oxygens (including phenoxy) is 1. The lowest BCUT2D eigenvalue weighted by Gasteiger charge is -2.31. The van der Waals surface area contributed by atoms with Gasteiger partial charge >= 0.3 is 5.97 Å². The third-order valence-corrected chi connectivity index (χ3v) is 6.12. The zero-order valence-electron chi connectivity index (χ0n) is 17.3. The van der Waals surface area contributed by atoms with Gasteiger partial charge in [-0.3, -0.25) is 14.2 Å². The minimum Gasteiger partial charge on any atom is -0.466 e. The molecule has 1 aliphatic rings. The van der Waals surface area contributed by atoms with Gasteiger partial charge in [-0.1, -0.05) is 37.7 Å². The van der Waals surface area contributed by atoms with Crippen molar-refractivity contribution < 1.29 is 14.3 Å². The van der Waals surface area contributed by atoms with E-state index in [0.29, 0.717) is 31.4 Å². The quantitative estimate of drug-likeness (QED) is 0.507. The van der Waals surface area contributed by atoms with Crippen molar-refractivity contribution in [1.82, 2.24) is 14.5 Å². The highest BCUT2D eigenvalue weighted by Gasteiger charge is 2.29. The van der Waals surface area contributed by atoms with Gasteiger partial charge in [-0.05, 0) is 43.4 Å². The molecule has 0 N–H and O–H groups in total. The van der Waals surface area contributed by atoms with Gasteiger partial charge in [-0.2, -0.15) is 0 Å². The summed E-state index contributed by atoms with van der Waals surface area (Å²) in [6.07, 6.45) is 5.28. The van der Waals surface area contributed by atoms with E-state index >= 15 is 0 Å². The van der Waals surface area contributed by atoms with Crippen LogP contribution in [-0.4, -0.2) is 51.8 Å². The van der Waals surface area contributed by atoms with Crippen molar-refractivity contribution >= 4 is 23.6 Å². The highest BCUT2D eigenvalue weighted by molar-refractivity contribution is 7.99. The number of esters is 1. The van der Waals surface area contributed by atoms with Crippen LogP contribution in [0, 0.1) is 5.92 Å². The van der Waals surface area contributed by atoms with E-state index in [1.165, 1.54) is 17.3 Å². The molecule has 1 aromatic carbocycles. The summed E-state index contributed by atoms with van der Waals surface area (Å²) in [6, 6.07) is 8.42. The number of hydrogen-bond acceptors (Lipinski definition) is 5. The SMILES string of the molecule is CCOC(=O)C1CCCN(C(=O)CSc2nccn2-c2ccc(C(C)C)cc2)C1. The third-order valence-electron chi connectivity index (χ3n) is 5.16. The van der Waals surface area contributed by atoms with Crippen LogP contribution in [0.5, 0.6) is 0 Å². The van der Waals surface area contributed by atoms with E-state index in [0.717, 1.165) is 23.7 Å². The molecule has 1 unspecified atom stereocenters. The Labute approximate surface area is 176 Å². The molecule has 0 saturated carbocycles. The summed E-state index contributed by atoms with van der Waals surface area (Å²) in [4.78, 5) is 30.9. The molecule has 1 fully saturated rings. The van der Waals surface area contributed by atoms with Crippen LogP contribution in [0.3, 0.4) is 0 Å². The second-order valence-electron chi connectivity index (χ2n) is 7.55. The molecular weight excluding hydrogens is 386 g/mol. The van der Waals surface area contributed by atoms with Gasteiger partial charge in [0.15, 0.2) is 5.16 Å². The molecule has 1 aromatic heterocycles.